The van der Waals surface area contributed by atoms with Gasteiger partial charge in [-0.25, -0.2) is 0 Å². The van der Waals surface area contributed by atoms with Crippen LogP contribution in [0.1, 0.15) is 10.4 Å². The van der Waals surface area contributed by atoms with Gasteiger partial charge in [-0.1, -0.05) is 27.5 Å². The van der Waals surface area contributed by atoms with Crippen molar-refractivity contribution in [2.75, 3.05) is 13.6 Å². The number of benzene rings is 1. The third kappa shape index (κ3) is 3.50. The summed E-state index contributed by atoms with van der Waals surface area (Å²) in [6.45, 7) is -0.0713. The van der Waals surface area contributed by atoms with Crippen molar-refractivity contribution in [3.63, 3.8) is 0 Å². The second-order valence-corrected chi connectivity index (χ2v) is 4.30. The summed E-state index contributed by atoms with van der Waals surface area (Å²) in [6.07, 6.45) is 0. The number of halogens is 2. The lowest BCUT2D eigenvalue weighted by atomic mass is 10.2. The van der Waals surface area contributed by atoms with Crippen molar-refractivity contribution in [3.05, 3.63) is 33.3 Å². The van der Waals surface area contributed by atoms with E-state index in [9.17, 15) is 9.59 Å². The van der Waals surface area contributed by atoms with Crippen LogP contribution in [-0.2, 0) is 4.79 Å². The molecule has 0 heterocycles. The molecular formula is C10H10BrClN2O2. The fourth-order valence-corrected chi connectivity index (χ4v) is 1.58. The minimum atomic E-state index is -0.380. The number of carbonyl (C=O) groups is 2. The molecule has 1 rings (SSSR count). The molecule has 6 heteroatoms. The van der Waals surface area contributed by atoms with E-state index in [0.717, 1.165) is 4.47 Å². The number of hydrogen-bond donors (Lipinski definition) is 2. The second-order valence-electron chi connectivity index (χ2n) is 2.98. The molecule has 0 unspecified atom stereocenters. The zero-order chi connectivity index (χ0) is 12.1. The quantitative estimate of drug-likeness (QED) is 0.891. The van der Waals surface area contributed by atoms with Gasteiger partial charge in [0.15, 0.2) is 0 Å². The molecule has 0 aliphatic rings. The Hall–Kier alpha value is -1.07. The van der Waals surface area contributed by atoms with Crippen LogP contribution in [0.3, 0.4) is 0 Å². The fraction of sp³-hybridized carbons (Fsp3) is 0.200. The number of carbonyl (C=O) groups excluding carboxylic acids is 2. The van der Waals surface area contributed by atoms with Crippen molar-refractivity contribution in [1.82, 2.24) is 10.6 Å². The average Bonchev–Trinajstić information content (AvgIpc) is 2.28. The van der Waals surface area contributed by atoms with E-state index in [0.29, 0.717) is 10.6 Å². The highest BCUT2D eigenvalue weighted by molar-refractivity contribution is 9.10. The molecule has 0 atom stereocenters. The molecule has 16 heavy (non-hydrogen) atoms. The largest absolute Gasteiger partial charge is 0.358 e. The lowest BCUT2D eigenvalue weighted by Crippen LogP contribution is -2.35. The topological polar surface area (TPSA) is 58.2 Å². The molecule has 4 nitrogen and oxygen atoms in total. The maximum absolute atomic E-state index is 11.6. The van der Waals surface area contributed by atoms with Gasteiger partial charge < -0.3 is 10.6 Å². The van der Waals surface area contributed by atoms with Crippen LogP contribution in [0.4, 0.5) is 0 Å². The van der Waals surface area contributed by atoms with Crippen molar-refractivity contribution < 1.29 is 9.59 Å². The lowest BCUT2D eigenvalue weighted by molar-refractivity contribution is -0.119. The van der Waals surface area contributed by atoms with Gasteiger partial charge in [0.2, 0.25) is 5.91 Å². The van der Waals surface area contributed by atoms with Crippen molar-refractivity contribution in [1.29, 1.82) is 0 Å². The minimum absolute atomic E-state index is 0.0713. The molecule has 2 N–H and O–H groups in total. The number of likely N-dealkylation sites (N-methyl/N-ethyl adjacent to an activating group) is 1. The summed E-state index contributed by atoms with van der Waals surface area (Å²) in [4.78, 5) is 22.6. The van der Waals surface area contributed by atoms with Gasteiger partial charge in [0.05, 0.1) is 17.1 Å². The Morgan fingerprint density at radius 1 is 1.44 bits per heavy atom. The Morgan fingerprint density at radius 2 is 2.12 bits per heavy atom. The van der Waals surface area contributed by atoms with Crippen molar-refractivity contribution in [3.8, 4) is 0 Å². The molecule has 0 aliphatic carbocycles. The second kappa shape index (κ2) is 5.86. The lowest BCUT2D eigenvalue weighted by Gasteiger charge is -2.06. The van der Waals surface area contributed by atoms with E-state index in [1.165, 1.54) is 7.05 Å². The van der Waals surface area contributed by atoms with Crippen LogP contribution in [-0.4, -0.2) is 25.4 Å². The molecule has 86 valence electrons. The first-order valence-electron chi connectivity index (χ1n) is 4.48. The predicted octanol–water partition coefficient (Wildman–Crippen LogP) is 1.58. The maximum atomic E-state index is 11.6. The first-order valence-corrected chi connectivity index (χ1v) is 5.65. The number of amides is 2. The monoisotopic (exact) mass is 304 g/mol. The van der Waals surface area contributed by atoms with Gasteiger partial charge in [0.25, 0.3) is 5.91 Å². The van der Waals surface area contributed by atoms with Gasteiger partial charge in [-0.3, -0.25) is 9.59 Å². The van der Waals surface area contributed by atoms with Crippen molar-refractivity contribution in [2.24, 2.45) is 0 Å². The third-order valence-electron chi connectivity index (χ3n) is 1.86. The Labute approximate surface area is 106 Å². The number of hydrogen-bond acceptors (Lipinski definition) is 2. The smallest absolute Gasteiger partial charge is 0.253 e. The normalized spacial score (nSPS) is 9.69. The van der Waals surface area contributed by atoms with E-state index < -0.39 is 0 Å². The summed E-state index contributed by atoms with van der Waals surface area (Å²) < 4.78 is 0.752. The first kappa shape index (κ1) is 13.0. The van der Waals surface area contributed by atoms with Crippen LogP contribution >= 0.6 is 27.5 Å². The highest BCUT2D eigenvalue weighted by Gasteiger charge is 2.11. The summed E-state index contributed by atoms with van der Waals surface area (Å²) in [5.74, 6) is -0.644. The number of rotatable bonds is 3. The molecule has 0 aromatic heterocycles. The molecule has 2 amide bonds. The summed E-state index contributed by atoms with van der Waals surface area (Å²) in [6, 6.07) is 4.94. The zero-order valence-electron chi connectivity index (χ0n) is 8.51. The summed E-state index contributed by atoms with van der Waals surface area (Å²) in [5.41, 5.74) is 0.333. The maximum Gasteiger partial charge on any atom is 0.253 e. The molecular weight excluding hydrogens is 295 g/mol. The number of nitrogens with one attached hydrogen (secondary N) is 2. The van der Waals surface area contributed by atoms with Crippen LogP contribution in [0, 0.1) is 0 Å². The van der Waals surface area contributed by atoms with Crippen LogP contribution < -0.4 is 10.6 Å². The summed E-state index contributed by atoms with van der Waals surface area (Å²) in [5, 5.41) is 5.21. The summed E-state index contributed by atoms with van der Waals surface area (Å²) >= 11 is 9.10. The van der Waals surface area contributed by atoms with E-state index >= 15 is 0 Å². The van der Waals surface area contributed by atoms with E-state index in [1.807, 2.05) is 0 Å². The molecule has 0 saturated carbocycles. The predicted molar refractivity (Wildman–Crippen MR) is 65.6 cm³/mol. The zero-order valence-corrected chi connectivity index (χ0v) is 10.9. The molecule has 0 saturated heterocycles. The Balaban J connectivity index is 2.73. The van der Waals surface area contributed by atoms with Gasteiger partial charge in [0.1, 0.15) is 0 Å². The van der Waals surface area contributed by atoms with Gasteiger partial charge in [-0.15, -0.1) is 0 Å². The van der Waals surface area contributed by atoms with Crippen LogP contribution in [0.15, 0.2) is 22.7 Å². The molecule has 0 aliphatic heterocycles. The summed E-state index contributed by atoms with van der Waals surface area (Å²) in [7, 11) is 1.50. The van der Waals surface area contributed by atoms with Crippen LogP contribution in [0.25, 0.3) is 0 Å². The van der Waals surface area contributed by atoms with Crippen molar-refractivity contribution >= 4 is 39.3 Å². The average molecular weight is 306 g/mol. The molecule has 1 aromatic rings. The van der Waals surface area contributed by atoms with E-state index in [4.69, 9.17) is 11.6 Å². The van der Waals surface area contributed by atoms with Gasteiger partial charge in [-0.05, 0) is 18.2 Å². The van der Waals surface area contributed by atoms with Crippen LogP contribution in [0.5, 0.6) is 0 Å². The Kier molecular flexibility index (Phi) is 4.76. The molecule has 0 spiro atoms. The highest BCUT2D eigenvalue weighted by Crippen LogP contribution is 2.20. The van der Waals surface area contributed by atoms with Gasteiger partial charge >= 0.3 is 0 Å². The Bertz CT molecular complexity index is 423. The molecule has 0 bridgehead atoms. The van der Waals surface area contributed by atoms with Gasteiger partial charge in [-0.2, -0.15) is 0 Å². The van der Waals surface area contributed by atoms with Gasteiger partial charge in [0, 0.05) is 11.5 Å². The van der Waals surface area contributed by atoms with E-state index in [-0.39, 0.29) is 18.4 Å². The molecule has 0 fully saturated rings. The minimum Gasteiger partial charge on any atom is -0.358 e. The third-order valence-corrected chi connectivity index (χ3v) is 2.68. The highest BCUT2D eigenvalue weighted by atomic mass is 79.9. The first-order chi connectivity index (χ1) is 7.54. The van der Waals surface area contributed by atoms with Crippen LogP contribution in [0.2, 0.25) is 5.02 Å². The van der Waals surface area contributed by atoms with E-state index in [2.05, 4.69) is 26.6 Å². The fourth-order valence-electron chi connectivity index (χ4n) is 1.02. The molecule has 0 radical (unpaired) electrons. The molecule has 1 aromatic carbocycles. The standard InChI is InChI=1S/C10H10BrClN2O2/c1-13-9(15)5-14-10(16)7-4-6(11)2-3-8(7)12/h2-4H,5H2,1H3,(H,13,15)(H,14,16). The SMILES string of the molecule is CNC(=O)CNC(=O)c1cc(Br)ccc1Cl. The van der Waals surface area contributed by atoms with E-state index in [1.54, 1.807) is 18.2 Å². The Morgan fingerprint density at radius 3 is 2.75 bits per heavy atom. The van der Waals surface area contributed by atoms with Crippen molar-refractivity contribution in [2.45, 2.75) is 0 Å².